The lowest BCUT2D eigenvalue weighted by atomic mass is 9.78. The summed E-state index contributed by atoms with van der Waals surface area (Å²) >= 11 is 0. The van der Waals surface area contributed by atoms with Crippen LogP contribution in [0, 0.1) is 11.7 Å². The number of aromatic nitrogens is 1. The van der Waals surface area contributed by atoms with Crippen molar-refractivity contribution in [3.05, 3.63) is 114 Å². The summed E-state index contributed by atoms with van der Waals surface area (Å²) in [5, 5.41) is 20.3. The van der Waals surface area contributed by atoms with Crippen molar-refractivity contribution >= 4 is 11.6 Å². The number of rotatable bonds is 7. The molecule has 35 heavy (non-hydrogen) atoms. The van der Waals surface area contributed by atoms with Crippen LogP contribution in [0.25, 0.3) is 11.1 Å². The number of β-lactam (4-membered cyclic amide) rings is 1. The van der Waals surface area contributed by atoms with Gasteiger partial charge in [0, 0.05) is 18.1 Å². The van der Waals surface area contributed by atoms with Crippen LogP contribution in [-0.4, -0.2) is 21.1 Å². The smallest absolute Gasteiger partial charge is 0.233 e. The van der Waals surface area contributed by atoms with E-state index in [1.54, 1.807) is 41.6 Å². The van der Waals surface area contributed by atoms with Crippen LogP contribution in [0.3, 0.4) is 0 Å². The fourth-order valence-electron chi connectivity index (χ4n) is 4.71. The number of benzene rings is 3. The molecule has 1 fully saturated rings. The van der Waals surface area contributed by atoms with Gasteiger partial charge in [-0.3, -0.25) is 9.78 Å². The highest BCUT2D eigenvalue weighted by atomic mass is 19.1. The van der Waals surface area contributed by atoms with Crippen molar-refractivity contribution < 1.29 is 19.4 Å². The molecule has 5 nitrogen and oxygen atoms in total. The van der Waals surface area contributed by atoms with E-state index in [9.17, 15) is 19.4 Å². The first-order valence-electron chi connectivity index (χ1n) is 11.6. The summed E-state index contributed by atoms with van der Waals surface area (Å²) in [6.45, 7) is 0. The summed E-state index contributed by atoms with van der Waals surface area (Å²) in [7, 11) is 0. The number of aromatic hydroxyl groups is 1. The van der Waals surface area contributed by atoms with Crippen LogP contribution in [0.5, 0.6) is 5.75 Å². The topological polar surface area (TPSA) is 73.7 Å². The summed E-state index contributed by atoms with van der Waals surface area (Å²) in [5.41, 5.74) is 4.34. The number of nitrogens with zero attached hydrogens (tertiary/aromatic N) is 2. The minimum atomic E-state index is -0.781. The van der Waals surface area contributed by atoms with Crippen LogP contribution < -0.4 is 4.90 Å². The fraction of sp³-hybridized carbons (Fsp3) is 0.172. The Balaban J connectivity index is 1.37. The molecule has 3 atom stereocenters. The van der Waals surface area contributed by atoms with Gasteiger partial charge in [0.05, 0.1) is 18.1 Å². The molecule has 1 aromatic heterocycles. The van der Waals surface area contributed by atoms with Crippen molar-refractivity contribution in [2.75, 3.05) is 4.90 Å². The Morgan fingerprint density at radius 1 is 0.914 bits per heavy atom. The van der Waals surface area contributed by atoms with Gasteiger partial charge in [-0.05, 0) is 77.6 Å². The molecule has 0 radical (unpaired) electrons. The maximum atomic E-state index is 13.3. The number of pyridine rings is 1. The van der Waals surface area contributed by atoms with E-state index in [-0.39, 0.29) is 29.4 Å². The summed E-state index contributed by atoms with van der Waals surface area (Å²) in [5.74, 6) is -0.515. The highest BCUT2D eigenvalue weighted by molar-refractivity contribution is 6.03. The first kappa shape index (κ1) is 22.7. The summed E-state index contributed by atoms with van der Waals surface area (Å²) in [4.78, 5) is 19.2. The van der Waals surface area contributed by atoms with Crippen LogP contribution in [-0.2, 0) is 4.79 Å². The maximum absolute atomic E-state index is 13.3. The van der Waals surface area contributed by atoms with Crippen molar-refractivity contribution in [2.45, 2.75) is 25.0 Å². The molecule has 4 aromatic rings. The molecular formula is C29H25FN2O3. The first-order chi connectivity index (χ1) is 17.0. The van der Waals surface area contributed by atoms with E-state index in [4.69, 9.17) is 0 Å². The normalized spacial score (nSPS) is 18.2. The van der Waals surface area contributed by atoms with E-state index in [0.717, 1.165) is 22.4 Å². The van der Waals surface area contributed by atoms with Crippen LogP contribution in [0.1, 0.15) is 36.1 Å². The van der Waals surface area contributed by atoms with Gasteiger partial charge < -0.3 is 15.1 Å². The molecule has 0 aliphatic carbocycles. The Bertz CT molecular complexity index is 1290. The molecule has 2 heterocycles. The van der Waals surface area contributed by atoms with Crippen LogP contribution in [0.2, 0.25) is 0 Å². The molecule has 3 unspecified atom stereocenters. The van der Waals surface area contributed by atoms with Gasteiger partial charge in [-0.25, -0.2) is 4.39 Å². The lowest BCUT2D eigenvalue weighted by Crippen LogP contribution is -2.55. The van der Waals surface area contributed by atoms with Gasteiger partial charge in [0.2, 0.25) is 5.91 Å². The zero-order valence-corrected chi connectivity index (χ0v) is 19.0. The second-order valence-corrected chi connectivity index (χ2v) is 8.78. The number of carbonyl (C=O) groups excluding carboxylic acids is 1. The van der Waals surface area contributed by atoms with Gasteiger partial charge in [0.1, 0.15) is 11.6 Å². The van der Waals surface area contributed by atoms with Gasteiger partial charge in [-0.15, -0.1) is 0 Å². The van der Waals surface area contributed by atoms with Gasteiger partial charge >= 0.3 is 0 Å². The van der Waals surface area contributed by atoms with Crippen LogP contribution in [0.15, 0.2) is 97.3 Å². The lowest BCUT2D eigenvalue weighted by Gasteiger charge is -2.48. The SMILES string of the molecule is O=C1C(CCC(O)c2ccc(F)cc2)C(c2ccc(O)cc2)N1c1ccc(-c2cccnc2)cc1. The Labute approximate surface area is 203 Å². The monoisotopic (exact) mass is 468 g/mol. The van der Waals surface area contributed by atoms with Gasteiger partial charge in [-0.2, -0.15) is 0 Å². The number of phenols is 1. The zero-order valence-electron chi connectivity index (χ0n) is 19.0. The number of aliphatic hydroxyl groups is 1. The number of carbonyl (C=O) groups is 1. The number of phenolic OH excluding ortho intramolecular Hbond substituents is 1. The van der Waals surface area contributed by atoms with E-state index in [0.29, 0.717) is 18.4 Å². The molecule has 5 rings (SSSR count). The second kappa shape index (κ2) is 9.68. The second-order valence-electron chi connectivity index (χ2n) is 8.78. The quantitative estimate of drug-likeness (QED) is 0.336. The molecule has 1 amide bonds. The molecule has 1 aliphatic rings. The summed E-state index contributed by atoms with van der Waals surface area (Å²) in [6.07, 6.45) is 3.60. The molecule has 0 bridgehead atoms. The van der Waals surface area contributed by atoms with Crippen molar-refractivity contribution in [3.8, 4) is 16.9 Å². The third kappa shape index (κ3) is 4.66. The van der Waals surface area contributed by atoms with Crippen LogP contribution >= 0.6 is 0 Å². The van der Waals surface area contributed by atoms with Crippen molar-refractivity contribution in [3.63, 3.8) is 0 Å². The van der Waals surface area contributed by atoms with E-state index < -0.39 is 6.10 Å². The highest BCUT2D eigenvalue weighted by Gasteiger charge is 2.48. The lowest BCUT2D eigenvalue weighted by molar-refractivity contribution is -0.131. The molecule has 3 aromatic carbocycles. The molecule has 0 saturated carbocycles. The third-order valence-corrected chi connectivity index (χ3v) is 6.59. The molecule has 6 heteroatoms. The third-order valence-electron chi connectivity index (χ3n) is 6.59. The van der Waals surface area contributed by atoms with E-state index in [1.807, 2.05) is 48.5 Å². The minimum absolute atomic E-state index is 0.0106. The van der Waals surface area contributed by atoms with E-state index in [1.165, 1.54) is 12.1 Å². The number of anilines is 1. The van der Waals surface area contributed by atoms with E-state index in [2.05, 4.69) is 4.98 Å². The van der Waals surface area contributed by atoms with Crippen LogP contribution in [0.4, 0.5) is 10.1 Å². The molecule has 0 spiro atoms. The van der Waals surface area contributed by atoms with Gasteiger partial charge in [0.15, 0.2) is 0 Å². The number of hydrogen-bond acceptors (Lipinski definition) is 4. The predicted octanol–water partition coefficient (Wildman–Crippen LogP) is 5.81. The van der Waals surface area contributed by atoms with Gasteiger partial charge in [0.25, 0.3) is 0 Å². The maximum Gasteiger partial charge on any atom is 0.233 e. The average Bonchev–Trinajstić information content (AvgIpc) is 2.89. The minimum Gasteiger partial charge on any atom is -0.508 e. The van der Waals surface area contributed by atoms with Crippen molar-refractivity contribution in [1.29, 1.82) is 0 Å². The van der Waals surface area contributed by atoms with E-state index >= 15 is 0 Å². The zero-order chi connectivity index (χ0) is 24.4. The Morgan fingerprint density at radius 3 is 2.29 bits per heavy atom. The molecule has 2 N–H and O–H groups in total. The predicted molar refractivity (Wildman–Crippen MR) is 132 cm³/mol. The molecular weight excluding hydrogens is 443 g/mol. The molecule has 1 aliphatic heterocycles. The fourth-order valence-corrected chi connectivity index (χ4v) is 4.71. The van der Waals surface area contributed by atoms with Gasteiger partial charge in [-0.1, -0.05) is 42.5 Å². The highest BCUT2D eigenvalue weighted by Crippen LogP contribution is 2.46. The first-order valence-corrected chi connectivity index (χ1v) is 11.6. The number of hydrogen-bond donors (Lipinski definition) is 2. The molecule has 1 saturated heterocycles. The number of aliphatic hydroxyl groups excluding tert-OH is 1. The molecule has 176 valence electrons. The number of amides is 1. The standard InChI is InChI=1S/C29H25FN2O3/c30-23-9-3-20(4-10-23)27(34)16-15-26-28(21-7-13-25(33)14-8-21)32(29(26)35)24-11-5-19(6-12-24)22-2-1-17-31-18-22/h1-14,17-18,26-28,33-34H,15-16H2. The number of halogens is 1. The largest absolute Gasteiger partial charge is 0.508 e. The Kier molecular flexibility index (Phi) is 6.29. The van der Waals surface area contributed by atoms with Crippen molar-refractivity contribution in [1.82, 2.24) is 4.98 Å². The summed E-state index contributed by atoms with van der Waals surface area (Å²) in [6, 6.07) is 24.1. The average molecular weight is 469 g/mol. The van der Waals surface area contributed by atoms with Crippen molar-refractivity contribution in [2.24, 2.45) is 5.92 Å². The Hall–Kier alpha value is -4.03. The summed E-state index contributed by atoms with van der Waals surface area (Å²) < 4.78 is 13.2. The Morgan fingerprint density at radius 2 is 1.63 bits per heavy atom.